The third-order valence-corrected chi connectivity index (χ3v) is 7.23. The Labute approximate surface area is 129 Å². The molecule has 5 nitrogen and oxygen atoms in total. The summed E-state index contributed by atoms with van der Waals surface area (Å²) in [6.45, 7) is 2.21. The van der Waals surface area contributed by atoms with E-state index >= 15 is 0 Å². The van der Waals surface area contributed by atoms with Crippen molar-refractivity contribution in [1.82, 2.24) is 13.9 Å². The first kappa shape index (κ1) is 15.7. The van der Waals surface area contributed by atoms with Crippen LogP contribution >= 0.6 is 0 Å². The van der Waals surface area contributed by atoms with E-state index in [2.05, 4.69) is 5.32 Å². The average Bonchev–Trinajstić information content (AvgIpc) is 3.24. The summed E-state index contributed by atoms with van der Waals surface area (Å²) in [4.78, 5) is 0. The fourth-order valence-corrected chi connectivity index (χ4v) is 5.06. The van der Waals surface area contributed by atoms with Crippen molar-refractivity contribution < 1.29 is 8.42 Å². The second-order valence-electron chi connectivity index (χ2n) is 7.03. The maximum Gasteiger partial charge on any atom is 0.282 e. The van der Waals surface area contributed by atoms with E-state index in [0.717, 1.165) is 25.8 Å². The van der Waals surface area contributed by atoms with Crippen LogP contribution in [0, 0.1) is 5.92 Å². The van der Waals surface area contributed by atoms with Gasteiger partial charge in [0.15, 0.2) is 0 Å². The van der Waals surface area contributed by atoms with Gasteiger partial charge >= 0.3 is 0 Å². The molecule has 1 saturated heterocycles. The van der Waals surface area contributed by atoms with Gasteiger partial charge < -0.3 is 5.32 Å². The zero-order valence-electron chi connectivity index (χ0n) is 13.1. The standard InChI is InChI=1S/C15H29N3O2S/c1-17(12-13-5-4-6-13)21(19,20)18-10-3-2-7-15(18)11-16-14-8-9-14/h13-16H,2-12H2,1H3. The highest BCUT2D eigenvalue weighted by Crippen LogP contribution is 2.29. The maximum absolute atomic E-state index is 12.9. The molecule has 6 heteroatoms. The summed E-state index contributed by atoms with van der Waals surface area (Å²) in [7, 11) is -1.53. The number of hydrogen-bond acceptors (Lipinski definition) is 3. The second-order valence-corrected chi connectivity index (χ2v) is 9.02. The highest BCUT2D eigenvalue weighted by molar-refractivity contribution is 7.86. The molecule has 0 aromatic rings. The van der Waals surface area contributed by atoms with Gasteiger partial charge in [0, 0.05) is 38.8 Å². The Morgan fingerprint density at radius 2 is 1.86 bits per heavy atom. The Morgan fingerprint density at radius 3 is 2.48 bits per heavy atom. The molecule has 3 rings (SSSR count). The van der Waals surface area contributed by atoms with Crippen molar-refractivity contribution in [2.24, 2.45) is 5.92 Å². The highest BCUT2D eigenvalue weighted by atomic mass is 32.2. The molecule has 1 aliphatic heterocycles. The van der Waals surface area contributed by atoms with Crippen LogP contribution in [0.4, 0.5) is 0 Å². The minimum atomic E-state index is -3.28. The van der Waals surface area contributed by atoms with E-state index in [1.807, 2.05) is 0 Å². The van der Waals surface area contributed by atoms with Crippen molar-refractivity contribution in [3.05, 3.63) is 0 Å². The molecule has 3 aliphatic rings. The van der Waals surface area contributed by atoms with Crippen molar-refractivity contribution >= 4 is 10.2 Å². The smallest absolute Gasteiger partial charge is 0.282 e. The van der Waals surface area contributed by atoms with Crippen LogP contribution in [-0.4, -0.2) is 55.8 Å². The zero-order chi connectivity index (χ0) is 14.9. The van der Waals surface area contributed by atoms with Gasteiger partial charge in [-0.05, 0) is 44.4 Å². The molecule has 2 aliphatic carbocycles. The zero-order valence-corrected chi connectivity index (χ0v) is 13.9. The second kappa shape index (κ2) is 6.52. The normalized spacial score (nSPS) is 28.8. The van der Waals surface area contributed by atoms with E-state index in [0.29, 0.717) is 25.0 Å². The van der Waals surface area contributed by atoms with E-state index in [1.165, 1.54) is 32.1 Å². The molecule has 2 saturated carbocycles. The molecule has 0 aromatic carbocycles. The predicted molar refractivity (Wildman–Crippen MR) is 84.3 cm³/mol. The first-order valence-electron chi connectivity index (χ1n) is 8.54. The van der Waals surface area contributed by atoms with Crippen molar-refractivity contribution in [2.75, 3.05) is 26.7 Å². The molecule has 0 aromatic heterocycles. The van der Waals surface area contributed by atoms with Crippen LogP contribution in [0.25, 0.3) is 0 Å². The lowest BCUT2D eigenvalue weighted by molar-refractivity contribution is 0.212. The number of rotatable bonds is 7. The van der Waals surface area contributed by atoms with Gasteiger partial charge in [0.2, 0.25) is 0 Å². The van der Waals surface area contributed by atoms with Crippen molar-refractivity contribution in [1.29, 1.82) is 0 Å². The molecule has 21 heavy (non-hydrogen) atoms. The predicted octanol–water partition coefficient (Wildman–Crippen LogP) is 1.57. The number of nitrogens with zero attached hydrogens (tertiary/aromatic N) is 2. The van der Waals surface area contributed by atoms with Crippen LogP contribution in [0.1, 0.15) is 51.4 Å². The topological polar surface area (TPSA) is 52.7 Å². The summed E-state index contributed by atoms with van der Waals surface area (Å²) in [6, 6.07) is 0.789. The van der Waals surface area contributed by atoms with Crippen LogP contribution in [-0.2, 0) is 10.2 Å². The molecule has 1 atom stereocenters. The average molecular weight is 315 g/mol. The van der Waals surface area contributed by atoms with Gasteiger partial charge in [-0.2, -0.15) is 17.0 Å². The molecular weight excluding hydrogens is 286 g/mol. The summed E-state index contributed by atoms with van der Waals surface area (Å²) in [5.41, 5.74) is 0. The molecule has 0 radical (unpaired) electrons. The Kier molecular flexibility index (Phi) is 4.88. The van der Waals surface area contributed by atoms with Crippen LogP contribution in [0.3, 0.4) is 0 Å². The van der Waals surface area contributed by atoms with Gasteiger partial charge in [0.25, 0.3) is 10.2 Å². The van der Waals surface area contributed by atoms with Crippen molar-refractivity contribution in [3.8, 4) is 0 Å². The number of piperidine rings is 1. The first-order chi connectivity index (χ1) is 10.1. The van der Waals surface area contributed by atoms with Crippen LogP contribution in [0.15, 0.2) is 0 Å². The molecular formula is C15H29N3O2S. The lowest BCUT2D eigenvalue weighted by atomic mass is 9.86. The summed E-state index contributed by atoms with van der Waals surface area (Å²) in [5.74, 6) is 0.581. The third-order valence-electron chi connectivity index (χ3n) is 5.22. The quantitative estimate of drug-likeness (QED) is 0.776. The summed E-state index contributed by atoms with van der Waals surface area (Å²) in [6.07, 6.45) is 9.28. The van der Waals surface area contributed by atoms with E-state index in [1.54, 1.807) is 15.7 Å². The molecule has 1 N–H and O–H groups in total. The summed E-state index contributed by atoms with van der Waals surface area (Å²) < 4.78 is 29.1. The Hall–Kier alpha value is -0.170. The van der Waals surface area contributed by atoms with Crippen LogP contribution in [0.2, 0.25) is 0 Å². The lowest BCUT2D eigenvalue weighted by Gasteiger charge is -2.38. The molecule has 0 bridgehead atoms. The molecule has 0 spiro atoms. The number of hydrogen-bond donors (Lipinski definition) is 1. The van der Waals surface area contributed by atoms with Gasteiger partial charge in [-0.15, -0.1) is 0 Å². The molecule has 0 amide bonds. The Balaban J connectivity index is 1.61. The highest BCUT2D eigenvalue weighted by Gasteiger charge is 2.36. The first-order valence-corrected chi connectivity index (χ1v) is 9.93. The van der Waals surface area contributed by atoms with Crippen LogP contribution < -0.4 is 5.32 Å². The van der Waals surface area contributed by atoms with E-state index < -0.39 is 10.2 Å². The van der Waals surface area contributed by atoms with Gasteiger partial charge in [-0.25, -0.2) is 0 Å². The van der Waals surface area contributed by atoms with Gasteiger partial charge in [0.05, 0.1) is 0 Å². The van der Waals surface area contributed by atoms with Crippen molar-refractivity contribution in [2.45, 2.75) is 63.5 Å². The SMILES string of the molecule is CN(CC1CCC1)S(=O)(=O)N1CCCCC1CNC1CC1. The Morgan fingerprint density at radius 1 is 1.10 bits per heavy atom. The van der Waals surface area contributed by atoms with Gasteiger partial charge in [-0.1, -0.05) is 12.8 Å². The Bertz CT molecular complexity index is 446. The lowest BCUT2D eigenvalue weighted by Crippen LogP contribution is -2.53. The van der Waals surface area contributed by atoms with Gasteiger partial charge in [-0.3, -0.25) is 0 Å². The monoisotopic (exact) mass is 315 g/mol. The summed E-state index contributed by atoms with van der Waals surface area (Å²) >= 11 is 0. The maximum atomic E-state index is 12.9. The minimum absolute atomic E-state index is 0.146. The van der Waals surface area contributed by atoms with Crippen molar-refractivity contribution in [3.63, 3.8) is 0 Å². The largest absolute Gasteiger partial charge is 0.312 e. The van der Waals surface area contributed by atoms with E-state index in [-0.39, 0.29) is 6.04 Å². The fraction of sp³-hybridized carbons (Fsp3) is 1.00. The molecule has 3 fully saturated rings. The fourth-order valence-electron chi connectivity index (χ4n) is 3.38. The minimum Gasteiger partial charge on any atom is -0.312 e. The summed E-state index contributed by atoms with van der Waals surface area (Å²) in [5, 5.41) is 3.51. The molecule has 1 heterocycles. The van der Waals surface area contributed by atoms with Gasteiger partial charge in [0.1, 0.15) is 0 Å². The van der Waals surface area contributed by atoms with E-state index in [4.69, 9.17) is 0 Å². The third kappa shape index (κ3) is 3.78. The molecule has 1 unspecified atom stereocenters. The molecule has 122 valence electrons. The van der Waals surface area contributed by atoms with E-state index in [9.17, 15) is 8.42 Å². The van der Waals surface area contributed by atoms with Crippen LogP contribution in [0.5, 0.6) is 0 Å². The number of nitrogens with one attached hydrogen (secondary N) is 1.